The number of likely N-dealkylation sites (tertiary alicyclic amines) is 1. The zero-order valence-electron chi connectivity index (χ0n) is 9.93. The highest BCUT2D eigenvalue weighted by Gasteiger charge is 2.24. The van der Waals surface area contributed by atoms with Crippen LogP contribution in [0.3, 0.4) is 0 Å². The van der Waals surface area contributed by atoms with Gasteiger partial charge in [-0.25, -0.2) is 4.79 Å². The summed E-state index contributed by atoms with van der Waals surface area (Å²) in [4.78, 5) is 23.7. The van der Waals surface area contributed by atoms with Crippen molar-refractivity contribution in [3.05, 3.63) is 12.7 Å². The third-order valence-electron chi connectivity index (χ3n) is 2.87. The Morgan fingerprint density at radius 2 is 2.29 bits per heavy atom. The lowest BCUT2D eigenvalue weighted by Gasteiger charge is -2.31. The third kappa shape index (κ3) is 4.89. The van der Waals surface area contributed by atoms with Gasteiger partial charge in [-0.05, 0) is 25.2 Å². The number of rotatable bonds is 5. The van der Waals surface area contributed by atoms with Crippen LogP contribution in [0, 0.1) is 5.92 Å². The Hall–Kier alpha value is -1.52. The van der Waals surface area contributed by atoms with Crippen LogP contribution in [0.15, 0.2) is 12.7 Å². The molecular formula is C12H19NO4. The van der Waals surface area contributed by atoms with E-state index in [0.717, 1.165) is 12.8 Å². The highest BCUT2D eigenvalue weighted by molar-refractivity contribution is 5.68. The SMILES string of the molecule is C=CCOC(=O)N1CCC[C@@H](CCC(=O)O)C1. The Labute approximate surface area is 101 Å². The van der Waals surface area contributed by atoms with Crippen LogP contribution in [0.25, 0.3) is 0 Å². The van der Waals surface area contributed by atoms with Gasteiger partial charge in [-0.15, -0.1) is 0 Å². The number of amides is 1. The molecule has 5 heteroatoms. The van der Waals surface area contributed by atoms with E-state index in [1.54, 1.807) is 4.90 Å². The normalized spacial score (nSPS) is 19.8. The fraction of sp³-hybridized carbons (Fsp3) is 0.667. The Morgan fingerprint density at radius 3 is 2.94 bits per heavy atom. The molecule has 0 aliphatic carbocycles. The fourth-order valence-electron chi connectivity index (χ4n) is 2.02. The minimum atomic E-state index is -0.781. The van der Waals surface area contributed by atoms with Gasteiger partial charge >= 0.3 is 12.1 Å². The number of nitrogens with zero attached hydrogens (tertiary/aromatic N) is 1. The zero-order valence-corrected chi connectivity index (χ0v) is 9.93. The van der Waals surface area contributed by atoms with Crippen LogP contribution in [0.2, 0.25) is 0 Å². The zero-order chi connectivity index (χ0) is 12.7. The predicted molar refractivity (Wildman–Crippen MR) is 62.7 cm³/mol. The van der Waals surface area contributed by atoms with Gasteiger partial charge in [0.25, 0.3) is 0 Å². The summed E-state index contributed by atoms with van der Waals surface area (Å²) in [5, 5.41) is 8.62. The summed E-state index contributed by atoms with van der Waals surface area (Å²) in [6.07, 6.45) is 3.89. The average molecular weight is 241 g/mol. The lowest BCUT2D eigenvalue weighted by Crippen LogP contribution is -2.40. The van der Waals surface area contributed by atoms with Crippen LogP contribution >= 0.6 is 0 Å². The molecule has 1 rings (SSSR count). The fourth-order valence-corrected chi connectivity index (χ4v) is 2.02. The van der Waals surface area contributed by atoms with Crippen molar-refractivity contribution in [2.45, 2.75) is 25.7 Å². The molecule has 1 atom stereocenters. The van der Waals surface area contributed by atoms with Gasteiger partial charge in [0.05, 0.1) is 0 Å². The van der Waals surface area contributed by atoms with Gasteiger partial charge in [0, 0.05) is 19.5 Å². The van der Waals surface area contributed by atoms with E-state index >= 15 is 0 Å². The number of ether oxygens (including phenoxy) is 1. The molecule has 1 amide bonds. The molecule has 17 heavy (non-hydrogen) atoms. The quantitative estimate of drug-likeness (QED) is 0.746. The third-order valence-corrected chi connectivity index (χ3v) is 2.87. The molecule has 1 aliphatic heterocycles. The second-order valence-electron chi connectivity index (χ2n) is 4.25. The van der Waals surface area contributed by atoms with Crippen molar-refractivity contribution in [2.24, 2.45) is 5.92 Å². The van der Waals surface area contributed by atoms with Crippen LogP contribution in [-0.4, -0.2) is 41.8 Å². The highest BCUT2D eigenvalue weighted by atomic mass is 16.6. The largest absolute Gasteiger partial charge is 0.481 e. The van der Waals surface area contributed by atoms with Gasteiger partial charge in [0.1, 0.15) is 6.61 Å². The molecule has 0 aromatic carbocycles. The van der Waals surface area contributed by atoms with Crippen LogP contribution < -0.4 is 0 Å². The highest BCUT2D eigenvalue weighted by Crippen LogP contribution is 2.21. The lowest BCUT2D eigenvalue weighted by atomic mass is 9.94. The van der Waals surface area contributed by atoms with Crippen LogP contribution in [-0.2, 0) is 9.53 Å². The first-order valence-corrected chi connectivity index (χ1v) is 5.88. The minimum Gasteiger partial charge on any atom is -0.481 e. The molecule has 1 fully saturated rings. The van der Waals surface area contributed by atoms with Crippen molar-refractivity contribution in [2.75, 3.05) is 19.7 Å². The summed E-state index contributed by atoms with van der Waals surface area (Å²) in [6, 6.07) is 0. The van der Waals surface area contributed by atoms with Crippen molar-refractivity contribution in [1.82, 2.24) is 4.90 Å². The topological polar surface area (TPSA) is 66.8 Å². The smallest absolute Gasteiger partial charge is 0.410 e. The van der Waals surface area contributed by atoms with Crippen molar-refractivity contribution >= 4 is 12.1 Å². The number of carbonyl (C=O) groups is 2. The van der Waals surface area contributed by atoms with Crippen molar-refractivity contribution in [1.29, 1.82) is 0 Å². The first-order chi connectivity index (χ1) is 8.13. The molecule has 0 radical (unpaired) electrons. The van der Waals surface area contributed by atoms with E-state index in [0.29, 0.717) is 19.5 Å². The molecule has 0 aromatic heterocycles. The molecule has 96 valence electrons. The van der Waals surface area contributed by atoms with E-state index < -0.39 is 5.97 Å². The second kappa shape index (κ2) is 6.93. The summed E-state index contributed by atoms with van der Waals surface area (Å²) in [5.74, 6) is -0.507. The molecule has 1 aliphatic rings. The van der Waals surface area contributed by atoms with Crippen molar-refractivity contribution < 1.29 is 19.4 Å². The summed E-state index contributed by atoms with van der Waals surface area (Å²) in [7, 11) is 0. The molecule has 1 N–H and O–H groups in total. The standard InChI is InChI=1S/C12H19NO4/c1-2-8-17-12(16)13-7-3-4-10(9-13)5-6-11(14)15/h2,10H,1,3-9H2,(H,14,15)/t10-/m0/s1. The minimum absolute atomic E-state index is 0.167. The monoisotopic (exact) mass is 241 g/mol. The van der Waals surface area contributed by atoms with Gasteiger partial charge in [-0.1, -0.05) is 12.7 Å². The number of hydrogen-bond donors (Lipinski definition) is 1. The summed E-state index contributed by atoms with van der Waals surface area (Å²) >= 11 is 0. The summed E-state index contributed by atoms with van der Waals surface area (Å²) in [5.41, 5.74) is 0. The molecule has 0 bridgehead atoms. The maximum absolute atomic E-state index is 11.6. The van der Waals surface area contributed by atoms with E-state index in [-0.39, 0.29) is 25.0 Å². The average Bonchev–Trinajstić information content (AvgIpc) is 2.33. The Morgan fingerprint density at radius 1 is 1.53 bits per heavy atom. The number of carboxylic acid groups (broad SMARTS) is 1. The molecule has 0 saturated carbocycles. The second-order valence-corrected chi connectivity index (χ2v) is 4.25. The van der Waals surface area contributed by atoms with E-state index in [9.17, 15) is 9.59 Å². The van der Waals surface area contributed by atoms with Crippen molar-refractivity contribution in [3.8, 4) is 0 Å². The van der Waals surface area contributed by atoms with E-state index in [2.05, 4.69) is 6.58 Å². The van der Waals surface area contributed by atoms with E-state index in [1.807, 2.05) is 0 Å². The molecule has 5 nitrogen and oxygen atoms in total. The van der Waals surface area contributed by atoms with Crippen LogP contribution in [0.5, 0.6) is 0 Å². The molecule has 0 unspecified atom stereocenters. The Balaban J connectivity index is 2.34. The van der Waals surface area contributed by atoms with Crippen LogP contribution in [0.1, 0.15) is 25.7 Å². The Kier molecular flexibility index (Phi) is 5.52. The number of aliphatic carboxylic acids is 1. The first kappa shape index (κ1) is 13.5. The van der Waals surface area contributed by atoms with Crippen molar-refractivity contribution in [3.63, 3.8) is 0 Å². The molecule has 1 heterocycles. The molecule has 0 spiro atoms. The molecule has 0 aromatic rings. The predicted octanol–water partition coefficient (Wildman–Crippen LogP) is 1.89. The first-order valence-electron chi connectivity index (χ1n) is 5.88. The van der Waals surface area contributed by atoms with E-state index in [1.165, 1.54) is 6.08 Å². The molecule has 1 saturated heterocycles. The number of piperidine rings is 1. The van der Waals surface area contributed by atoms with Gasteiger partial charge < -0.3 is 14.7 Å². The van der Waals surface area contributed by atoms with Gasteiger partial charge in [0.2, 0.25) is 0 Å². The Bertz CT molecular complexity index is 290. The van der Waals surface area contributed by atoms with E-state index in [4.69, 9.17) is 9.84 Å². The molecular weight excluding hydrogens is 222 g/mol. The van der Waals surface area contributed by atoms with Gasteiger partial charge in [-0.2, -0.15) is 0 Å². The van der Waals surface area contributed by atoms with Gasteiger partial charge in [-0.3, -0.25) is 4.79 Å². The van der Waals surface area contributed by atoms with Crippen LogP contribution in [0.4, 0.5) is 4.79 Å². The summed E-state index contributed by atoms with van der Waals surface area (Å²) < 4.78 is 4.96. The maximum Gasteiger partial charge on any atom is 0.410 e. The lowest BCUT2D eigenvalue weighted by molar-refractivity contribution is -0.137. The number of hydrogen-bond acceptors (Lipinski definition) is 3. The number of carboxylic acids is 1. The number of carbonyl (C=O) groups excluding carboxylic acids is 1. The summed E-state index contributed by atoms with van der Waals surface area (Å²) in [6.45, 7) is 4.99. The van der Waals surface area contributed by atoms with Gasteiger partial charge in [0.15, 0.2) is 0 Å². The maximum atomic E-state index is 11.6.